The lowest BCUT2D eigenvalue weighted by Gasteiger charge is -2.16. The molecule has 0 aliphatic carbocycles. The topological polar surface area (TPSA) is 65.4 Å². The Morgan fingerprint density at radius 2 is 2.13 bits per heavy atom. The number of nitrogens with zero attached hydrogens (tertiary/aromatic N) is 2. The van der Waals surface area contributed by atoms with Crippen LogP contribution >= 0.6 is 0 Å². The average Bonchev–Trinajstić information content (AvgIpc) is 3.45. The molecule has 2 heterocycles. The van der Waals surface area contributed by atoms with E-state index in [4.69, 9.17) is 9.47 Å². The number of ether oxygens (including phenoxy) is 2. The van der Waals surface area contributed by atoms with E-state index in [0.29, 0.717) is 30.9 Å². The molecule has 0 radical (unpaired) electrons. The molecule has 1 aliphatic rings. The number of hydrogen-bond donors (Lipinski definition) is 1. The average molecular weight is 405 g/mol. The summed E-state index contributed by atoms with van der Waals surface area (Å²) in [6.45, 7) is 3.31. The Morgan fingerprint density at radius 1 is 1.27 bits per heavy atom. The molecule has 4 rings (SSSR count). The molecular formula is C24H27N3O3. The van der Waals surface area contributed by atoms with Crippen molar-refractivity contribution in [2.24, 2.45) is 0 Å². The fraction of sp³-hybridized carbons (Fsp3) is 0.333. The standard InChI is InChI=1S/C24H27N3O3/c1-18-9-11-22(23(14-18)30-17-21-8-5-13-29-21)26-24(28)12-10-19-15-25-27(16-19)20-6-3-2-4-7-20/h2-4,6-7,9,11,14-16,21H,5,8,10,12-13,17H2,1H3,(H,26,28). The smallest absolute Gasteiger partial charge is 0.224 e. The highest BCUT2D eigenvalue weighted by Crippen LogP contribution is 2.27. The van der Waals surface area contributed by atoms with Crippen LogP contribution in [0.2, 0.25) is 0 Å². The molecule has 0 saturated carbocycles. The van der Waals surface area contributed by atoms with Crippen molar-refractivity contribution >= 4 is 11.6 Å². The third kappa shape index (κ3) is 5.27. The van der Waals surface area contributed by atoms with Gasteiger partial charge in [0.1, 0.15) is 12.4 Å². The summed E-state index contributed by atoms with van der Waals surface area (Å²) < 4.78 is 13.4. The first kappa shape index (κ1) is 20.2. The van der Waals surface area contributed by atoms with Crippen molar-refractivity contribution < 1.29 is 14.3 Å². The summed E-state index contributed by atoms with van der Waals surface area (Å²) in [4.78, 5) is 12.5. The van der Waals surface area contributed by atoms with E-state index < -0.39 is 0 Å². The van der Waals surface area contributed by atoms with Crippen LogP contribution in [0.5, 0.6) is 5.75 Å². The van der Waals surface area contributed by atoms with Crippen molar-refractivity contribution in [2.45, 2.75) is 38.7 Å². The first-order valence-electron chi connectivity index (χ1n) is 10.4. The molecule has 3 aromatic rings. The summed E-state index contributed by atoms with van der Waals surface area (Å²) >= 11 is 0. The fourth-order valence-corrected chi connectivity index (χ4v) is 3.49. The maximum Gasteiger partial charge on any atom is 0.224 e. The zero-order valence-electron chi connectivity index (χ0n) is 17.2. The second kappa shape index (κ2) is 9.59. The first-order valence-corrected chi connectivity index (χ1v) is 10.4. The highest BCUT2D eigenvalue weighted by Gasteiger charge is 2.17. The number of anilines is 1. The molecule has 1 saturated heterocycles. The van der Waals surface area contributed by atoms with E-state index in [9.17, 15) is 4.79 Å². The molecule has 156 valence electrons. The molecule has 6 heteroatoms. The largest absolute Gasteiger partial charge is 0.489 e. The Bertz CT molecular complexity index is 978. The fourth-order valence-electron chi connectivity index (χ4n) is 3.49. The van der Waals surface area contributed by atoms with E-state index in [1.165, 1.54) is 0 Å². The van der Waals surface area contributed by atoms with E-state index in [2.05, 4.69) is 10.4 Å². The Morgan fingerprint density at radius 3 is 2.93 bits per heavy atom. The van der Waals surface area contributed by atoms with E-state index in [-0.39, 0.29) is 12.0 Å². The molecule has 1 fully saturated rings. The van der Waals surface area contributed by atoms with Crippen molar-refractivity contribution in [3.63, 3.8) is 0 Å². The highest BCUT2D eigenvalue weighted by molar-refractivity contribution is 5.92. The number of aryl methyl sites for hydroxylation is 2. The van der Waals surface area contributed by atoms with E-state index in [1.807, 2.05) is 72.5 Å². The Kier molecular flexibility index (Phi) is 6.44. The number of carbonyl (C=O) groups excluding carboxylic acids is 1. The van der Waals surface area contributed by atoms with Gasteiger partial charge in [-0.2, -0.15) is 5.10 Å². The molecular weight excluding hydrogens is 378 g/mol. The van der Waals surface area contributed by atoms with Crippen LogP contribution in [0.15, 0.2) is 60.9 Å². The number of aromatic nitrogens is 2. The van der Waals surface area contributed by atoms with Gasteiger partial charge in [0.2, 0.25) is 5.91 Å². The Hall–Kier alpha value is -3.12. The van der Waals surface area contributed by atoms with Gasteiger partial charge in [0.15, 0.2) is 0 Å². The summed E-state index contributed by atoms with van der Waals surface area (Å²) in [5.74, 6) is 0.643. The van der Waals surface area contributed by atoms with Crippen molar-refractivity contribution in [3.05, 3.63) is 72.1 Å². The van der Waals surface area contributed by atoms with Gasteiger partial charge in [0, 0.05) is 19.2 Å². The molecule has 1 amide bonds. The third-order valence-corrected chi connectivity index (χ3v) is 5.16. The number of amides is 1. The number of hydrogen-bond acceptors (Lipinski definition) is 4. The van der Waals surface area contributed by atoms with Gasteiger partial charge in [-0.25, -0.2) is 4.68 Å². The first-order chi connectivity index (χ1) is 14.7. The van der Waals surface area contributed by atoms with Gasteiger partial charge in [-0.1, -0.05) is 24.3 Å². The molecule has 1 unspecified atom stereocenters. The number of rotatable bonds is 8. The molecule has 1 aliphatic heterocycles. The molecule has 0 spiro atoms. The van der Waals surface area contributed by atoms with Gasteiger partial charge in [0.25, 0.3) is 0 Å². The van der Waals surface area contributed by atoms with Crippen LogP contribution < -0.4 is 10.1 Å². The van der Waals surface area contributed by atoms with Gasteiger partial charge in [-0.3, -0.25) is 4.79 Å². The van der Waals surface area contributed by atoms with Crippen molar-refractivity contribution in [1.82, 2.24) is 9.78 Å². The summed E-state index contributed by atoms with van der Waals surface area (Å²) in [6, 6.07) is 15.7. The lowest BCUT2D eigenvalue weighted by Crippen LogP contribution is -2.18. The molecule has 1 N–H and O–H groups in total. The summed E-state index contributed by atoms with van der Waals surface area (Å²) in [6.07, 6.45) is 7.00. The zero-order valence-corrected chi connectivity index (χ0v) is 17.2. The molecule has 1 atom stereocenters. The zero-order chi connectivity index (χ0) is 20.8. The van der Waals surface area contributed by atoms with Crippen molar-refractivity contribution in [3.8, 4) is 11.4 Å². The lowest BCUT2D eigenvalue weighted by molar-refractivity contribution is -0.116. The SMILES string of the molecule is Cc1ccc(NC(=O)CCc2cnn(-c3ccccc3)c2)c(OCC2CCCO2)c1. The lowest BCUT2D eigenvalue weighted by atomic mass is 10.1. The van der Waals surface area contributed by atoms with Crippen LogP contribution in [0.3, 0.4) is 0 Å². The van der Waals surface area contributed by atoms with Crippen LogP contribution in [0.1, 0.15) is 30.4 Å². The number of benzene rings is 2. The molecule has 2 aromatic carbocycles. The quantitative estimate of drug-likeness (QED) is 0.607. The van der Waals surface area contributed by atoms with Crippen LogP contribution in [0, 0.1) is 6.92 Å². The second-order valence-corrected chi connectivity index (χ2v) is 7.62. The minimum Gasteiger partial charge on any atom is -0.489 e. The number of nitrogens with one attached hydrogen (secondary N) is 1. The normalized spacial score (nSPS) is 15.8. The molecule has 1 aromatic heterocycles. The monoisotopic (exact) mass is 405 g/mol. The van der Waals surface area contributed by atoms with Gasteiger partial charge < -0.3 is 14.8 Å². The van der Waals surface area contributed by atoms with Crippen molar-refractivity contribution in [2.75, 3.05) is 18.5 Å². The maximum atomic E-state index is 12.5. The predicted molar refractivity (Wildman–Crippen MR) is 116 cm³/mol. The minimum atomic E-state index is -0.0479. The van der Waals surface area contributed by atoms with Gasteiger partial charge in [-0.15, -0.1) is 0 Å². The van der Waals surface area contributed by atoms with Crippen LogP contribution in [-0.2, 0) is 16.0 Å². The van der Waals surface area contributed by atoms with Crippen LogP contribution in [-0.4, -0.2) is 35.0 Å². The number of carbonyl (C=O) groups is 1. The number of para-hydroxylation sites is 1. The molecule has 0 bridgehead atoms. The highest BCUT2D eigenvalue weighted by atomic mass is 16.5. The van der Waals surface area contributed by atoms with E-state index in [0.717, 1.165) is 36.3 Å². The Balaban J connectivity index is 1.33. The molecule has 30 heavy (non-hydrogen) atoms. The third-order valence-electron chi connectivity index (χ3n) is 5.16. The van der Waals surface area contributed by atoms with E-state index >= 15 is 0 Å². The van der Waals surface area contributed by atoms with Crippen molar-refractivity contribution in [1.29, 1.82) is 0 Å². The second-order valence-electron chi connectivity index (χ2n) is 7.62. The predicted octanol–water partition coefficient (Wildman–Crippen LogP) is 4.31. The van der Waals surface area contributed by atoms with Crippen LogP contribution in [0.25, 0.3) is 5.69 Å². The van der Waals surface area contributed by atoms with E-state index in [1.54, 1.807) is 0 Å². The molecule has 6 nitrogen and oxygen atoms in total. The van der Waals surface area contributed by atoms with Gasteiger partial charge in [-0.05, 0) is 61.6 Å². The summed E-state index contributed by atoms with van der Waals surface area (Å²) in [7, 11) is 0. The maximum absolute atomic E-state index is 12.5. The summed E-state index contributed by atoms with van der Waals surface area (Å²) in [5, 5.41) is 7.38. The van der Waals surface area contributed by atoms with Crippen LogP contribution in [0.4, 0.5) is 5.69 Å². The summed E-state index contributed by atoms with van der Waals surface area (Å²) in [5.41, 5.74) is 3.81. The minimum absolute atomic E-state index is 0.0479. The van der Waals surface area contributed by atoms with Gasteiger partial charge in [0.05, 0.1) is 23.7 Å². The Labute approximate surface area is 176 Å². The van der Waals surface area contributed by atoms with Gasteiger partial charge >= 0.3 is 0 Å².